The normalized spacial score (nSPS) is 13.0. The van der Waals surface area contributed by atoms with Gasteiger partial charge in [0, 0.05) is 0 Å². The molecular formula is C20H40O2. The first kappa shape index (κ1) is 21.7. The fourth-order valence-electron chi connectivity index (χ4n) is 2.70. The van der Waals surface area contributed by atoms with E-state index in [2.05, 4.69) is 26.0 Å². The zero-order valence-electron chi connectivity index (χ0n) is 15.2. The van der Waals surface area contributed by atoms with E-state index in [1.165, 1.54) is 70.6 Å². The van der Waals surface area contributed by atoms with Gasteiger partial charge < -0.3 is 9.84 Å². The molecule has 0 saturated carbocycles. The van der Waals surface area contributed by atoms with Crippen LogP contribution in [0.4, 0.5) is 0 Å². The minimum atomic E-state index is 0.140. The summed E-state index contributed by atoms with van der Waals surface area (Å²) < 4.78 is 5.71. The largest absolute Gasteiger partial charge is 0.394 e. The van der Waals surface area contributed by atoms with Gasteiger partial charge in [0.2, 0.25) is 0 Å². The second-order valence-electron chi connectivity index (χ2n) is 6.32. The Balaban J connectivity index is 3.47. The Labute approximate surface area is 139 Å². The van der Waals surface area contributed by atoms with E-state index in [0.717, 1.165) is 12.8 Å². The molecule has 0 saturated heterocycles. The van der Waals surface area contributed by atoms with Crippen molar-refractivity contribution in [3.63, 3.8) is 0 Å². The molecule has 132 valence electrons. The Kier molecular flexibility index (Phi) is 18.4. The van der Waals surface area contributed by atoms with Crippen molar-refractivity contribution in [2.45, 2.75) is 103 Å². The van der Waals surface area contributed by atoms with Gasteiger partial charge in [-0.3, -0.25) is 0 Å². The van der Waals surface area contributed by atoms with Gasteiger partial charge in [0.05, 0.1) is 19.3 Å². The van der Waals surface area contributed by atoms with E-state index >= 15 is 0 Å². The molecule has 0 aliphatic heterocycles. The molecule has 0 radical (unpaired) electrons. The van der Waals surface area contributed by atoms with Crippen LogP contribution in [0, 0.1) is 0 Å². The van der Waals surface area contributed by atoms with E-state index in [1.54, 1.807) is 0 Å². The maximum absolute atomic E-state index is 8.86. The van der Waals surface area contributed by atoms with Crippen LogP contribution in [0.15, 0.2) is 12.2 Å². The molecule has 0 fully saturated rings. The molecular weight excluding hydrogens is 272 g/mol. The van der Waals surface area contributed by atoms with Gasteiger partial charge in [-0.05, 0) is 38.5 Å². The lowest BCUT2D eigenvalue weighted by Crippen LogP contribution is -2.15. The van der Waals surface area contributed by atoms with Crippen LogP contribution in [0.5, 0.6) is 0 Å². The maximum Gasteiger partial charge on any atom is 0.0701 e. The van der Waals surface area contributed by atoms with Crippen LogP contribution in [0.3, 0.4) is 0 Å². The molecule has 2 nitrogen and oxygen atoms in total. The molecule has 22 heavy (non-hydrogen) atoms. The molecule has 0 aromatic carbocycles. The average molecular weight is 313 g/mol. The summed E-state index contributed by atoms with van der Waals surface area (Å²) in [7, 11) is 0. The van der Waals surface area contributed by atoms with Gasteiger partial charge in [0.1, 0.15) is 0 Å². The Morgan fingerprint density at radius 2 is 1.36 bits per heavy atom. The lowest BCUT2D eigenvalue weighted by atomic mass is 10.1. The van der Waals surface area contributed by atoms with E-state index in [1.807, 2.05) is 0 Å². The van der Waals surface area contributed by atoms with Gasteiger partial charge in [-0.25, -0.2) is 0 Å². The Morgan fingerprint density at radius 1 is 0.773 bits per heavy atom. The first-order chi connectivity index (χ1) is 10.8. The van der Waals surface area contributed by atoms with Crippen LogP contribution >= 0.6 is 0 Å². The van der Waals surface area contributed by atoms with Gasteiger partial charge >= 0.3 is 0 Å². The number of hydrogen-bond donors (Lipinski definition) is 1. The molecule has 0 bridgehead atoms. The fraction of sp³-hybridized carbons (Fsp3) is 0.900. The number of rotatable bonds is 17. The van der Waals surface area contributed by atoms with E-state index in [0.29, 0.717) is 12.7 Å². The lowest BCUT2D eigenvalue weighted by Gasteiger charge is -2.16. The van der Waals surface area contributed by atoms with Crippen LogP contribution in [0.1, 0.15) is 97.3 Å². The molecule has 0 aliphatic rings. The number of aliphatic hydroxyl groups excluding tert-OH is 1. The van der Waals surface area contributed by atoms with Crippen molar-refractivity contribution < 1.29 is 9.84 Å². The summed E-state index contributed by atoms with van der Waals surface area (Å²) in [5.74, 6) is 0. The molecule has 0 aromatic rings. The van der Waals surface area contributed by atoms with E-state index in [4.69, 9.17) is 9.84 Å². The highest BCUT2D eigenvalue weighted by atomic mass is 16.5. The number of aliphatic hydroxyl groups is 1. The van der Waals surface area contributed by atoms with Gasteiger partial charge in [-0.2, -0.15) is 0 Å². The SMILES string of the molecule is CCCCCCCC/C=C\CCCC(CCCC)OCCO. The summed E-state index contributed by atoms with van der Waals surface area (Å²) in [6.45, 7) is 5.11. The third kappa shape index (κ3) is 16.0. The Hall–Kier alpha value is -0.340. The van der Waals surface area contributed by atoms with Crippen molar-refractivity contribution in [1.29, 1.82) is 0 Å². The van der Waals surface area contributed by atoms with Crippen molar-refractivity contribution in [3.05, 3.63) is 12.2 Å². The van der Waals surface area contributed by atoms with Gasteiger partial charge in [-0.15, -0.1) is 0 Å². The summed E-state index contributed by atoms with van der Waals surface area (Å²) >= 11 is 0. The predicted molar refractivity (Wildman–Crippen MR) is 97.3 cm³/mol. The van der Waals surface area contributed by atoms with Crippen LogP contribution in [0.2, 0.25) is 0 Å². The highest BCUT2D eigenvalue weighted by molar-refractivity contribution is 4.81. The van der Waals surface area contributed by atoms with Crippen molar-refractivity contribution in [1.82, 2.24) is 0 Å². The second-order valence-corrected chi connectivity index (χ2v) is 6.32. The standard InChI is InChI=1S/C20H40O2/c1-3-5-7-8-9-10-11-12-13-14-15-17-20(16-6-4-2)22-19-18-21/h12-13,20-21H,3-11,14-19H2,1-2H3/b13-12-. The molecule has 0 aromatic heterocycles. The summed E-state index contributed by atoms with van der Waals surface area (Å²) in [4.78, 5) is 0. The first-order valence-electron chi connectivity index (χ1n) is 9.72. The van der Waals surface area contributed by atoms with Crippen LogP contribution in [-0.2, 0) is 4.74 Å². The molecule has 1 atom stereocenters. The summed E-state index contributed by atoms with van der Waals surface area (Å²) in [6, 6.07) is 0. The number of unbranched alkanes of at least 4 members (excludes halogenated alkanes) is 8. The first-order valence-corrected chi connectivity index (χ1v) is 9.72. The maximum atomic E-state index is 8.86. The highest BCUT2D eigenvalue weighted by Crippen LogP contribution is 2.13. The minimum Gasteiger partial charge on any atom is -0.394 e. The monoisotopic (exact) mass is 312 g/mol. The van der Waals surface area contributed by atoms with Crippen molar-refractivity contribution in [3.8, 4) is 0 Å². The van der Waals surface area contributed by atoms with Crippen LogP contribution in [0.25, 0.3) is 0 Å². The predicted octanol–water partition coefficient (Wildman–Crippen LogP) is 6.03. The molecule has 0 spiro atoms. The Morgan fingerprint density at radius 3 is 2.05 bits per heavy atom. The van der Waals surface area contributed by atoms with E-state index in [9.17, 15) is 0 Å². The fourth-order valence-corrected chi connectivity index (χ4v) is 2.70. The smallest absolute Gasteiger partial charge is 0.0701 e. The quantitative estimate of drug-likeness (QED) is 0.262. The average Bonchev–Trinajstić information content (AvgIpc) is 2.54. The van der Waals surface area contributed by atoms with Crippen LogP contribution < -0.4 is 0 Å². The Bertz CT molecular complexity index is 218. The summed E-state index contributed by atoms with van der Waals surface area (Å²) in [5.41, 5.74) is 0. The van der Waals surface area contributed by atoms with Crippen molar-refractivity contribution in [2.75, 3.05) is 13.2 Å². The van der Waals surface area contributed by atoms with E-state index in [-0.39, 0.29) is 6.61 Å². The summed E-state index contributed by atoms with van der Waals surface area (Å²) in [6.07, 6.45) is 21.6. The van der Waals surface area contributed by atoms with Crippen molar-refractivity contribution >= 4 is 0 Å². The lowest BCUT2D eigenvalue weighted by molar-refractivity contribution is 0.0174. The zero-order valence-corrected chi connectivity index (χ0v) is 15.2. The molecule has 1 N–H and O–H groups in total. The zero-order chi connectivity index (χ0) is 16.3. The van der Waals surface area contributed by atoms with E-state index < -0.39 is 0 Å². The molecule has 1 unspecified atom stereocenters. The summed E-state index contributed by atoms with van der Waals surface area (Å²) in [5, 5.41) is 8.86. The molecule has 0 amide bonds. The minimum absolute atomic E-state index is 0.140. The van der Waals surface area contributed by atoms with Gasteiger partial charge in [0.25, 0.3) is 0 Å². The van der Waals surface area contributed by atoms with Gasteiger partial charge in [0.15, 0.2) is 0 Å². The number of ether oxygens (including phenoxy) is 1. The third-order valence-electron chi connectivity index (χ3n) is 4.11. The highest BCUT2D eigenvalue weighted by Gasteiger charge is 2.07. The number of hydrogen-bond acceptors (Lipinski definition) is 2. The molecule has 0 rings (SSSR count). The topological polar surface area (TPSA) is 29.5 Å². The molecule has 0 heterocycles. The van der Waals surface area contributed by atoms with Gasteiger partial charge in [-0.1, -0.05) is 70.9 Å². The van der Waals surface area contributed by atoms with Crippen LogP contribution in [-0.4, -0.2) is 24.4 Å². The second kappa shape index (κ2) is 18.7. The van der Waals surface area contributed by atoms with Crippen molar-refractivity contribution in [2.24, 2.45) is 0 Å². The third-order valence-corrected chi connectivity index (χ3v) is 4.11. The molecule has 2 heteroatoms. The number of allylic oxidation sites excluding steroid dienone is 2. The molecule has 0 aliphatic carbocycles.